The fourth-order valence-electron chi connectivity index (χ4n) is 2.58. The first-order chi connectivity index (χ1) is 12.6. The Labute approximate surface area is 151 Å². The number of rotatable bonds is 4. The first kappa shape index (κ1) is 17.4. The van der Waals surface area contributed by atoms with Gasteiger partial charge in [-0.25, -0.2) is 4.79 Å². The Morgan fingerprint density at radius 2 is 1.46 bits per heavy atom. The quantitative estimate of drug-likeness (QED) is 0.575. The average Bonchev–Trinajstić information content (AvgIpc) is 2.63. The maximum Gasteiger partial charge on any atom is 0.348 e. The van der Waals surface area contributed by atoms with E-state index in [2.05, 4.69) is 10.2 Å². The van der Waals surface area contributed by atoms with Crippen molar-refractivity contribution in [1.82, 2.24) is 0 Å². The SMILES string of the molecule is CC(=NN=C(c1ccccc1)c1ccccc1)c1c(O)cc(C)oc1=O. The van der Waals surface area contributed by atoms with Gasteiger partial charge in [0.05, 0.1) is 5.71 Å². The molecule has 26 heavy (non-hydrogen) atoms. The summed E-state index contributed by atoms with van der Waals surface area (Å²) in [4.78, 5) is 12.0. The van der Waals surface area contributed by atoms with Gasteiger partial charge in [0.1, 0.15) is 22.8 Å². The standard InChI is InChI=1S/C21H18N2O3/c1-14-13-18(24)19(21(25)26-14)15(2)22-23-20(16-9-5-3-6-10-16)17-11-7-4-8-12-17/h3-13,24H,1-2H3. The van der Waals surface area contributed by atoms with Crippen molar-refractivity contribution in [3.63, 3.8) is 0 Å². The first-order valence-electron chi connectivity index (χ1n) is 8.13. The average molecular weight is 346 g/mol. The minimum absolute atomic E-state index is 0.0137. The van der Waals surface area contributed by atoms with E-state index >= 15 is 0 Å². The van der Waals surface area contributed by atoms with Crippen molar-refractivity contribution in [2.24, 2.45) is 10.2 Å². The summed E-state index contributed by atoms with van der Waals surface area (Å²) in [6.45, 7) is 3.21. The Morgan fingerprint density at radius 1 is 0.923 bits per heavy atom. The normalized spacial score (nSPS) is 11.2. The summed E-state index contributed by atoms with van der Waals surface area (Å²) in [5.74, 6) is 0.165. The number of hydrogen-bond donors (Lipinski definition) is 1. The molecule has 0 fully saturated rings. The van der Waals surface area contributed by atoms with Crippen LogP contribution in [0.2, 0.25) is 0 Å². The second-order valence-corrected chi connectivity index (χ2v) is 5.77. The number of aryl methyl sites for hydroxylation is 1. The first-order valence-corrected chi connectivity index (χ1v) is 8.13. The molecule has 1 N–H and O–H groups in total. The number of aromatic hydroxyl groups is 1. The van der Waals surface area contributed by atoms with E-state index in [1.807, 2.05) is 60.7 Å². The molecule has 0 unspecified atom stereocenters. The molecule has 0 saturated carbocycles. The van der Waals surface area contributed by atoms with Crippen LogP contribution in [0.1, 0.15) is 29.4 Å². The molecule has 3 aromatic rings. The van der Waals surface area contributed by atoms with Crippen LogP contribution >= 0.6 is 0 Å². The molecule has 0 saturated heterocycles. The smallest absolute Gasteiger partial charge is 0.348 e. The zero-order valence-corrected chi connectivity index (χ0v) is 14.5. The van der Waals surface area contributed by atoms with Crippen molar-refractivity contribution >= 4 is 11.4 Å². The van der Waals surface area contributed by atoms with Gasteiger partial charge in [-0.3, -0.25) is 0 Å². The molecule has 3 rings (SSSR count). The van der Waals surface area contributed by atoms with Gasteiger partial charge >= 0.3 is 5.63 Å². The van der Waals surface area contributed by atoms with Crippen LogP contribution in [-0.4, -0.2) is 16.5 Å². The molecule has 0 radical (unpaired) electrons. The van der Waals surface area contributed by atoms with Crippen LogP contribution < -0.4 is 5.63 Å². The van der Waals surface area contributed by atoms with Crippen LogP contribution in [0.4, 0.5) is 0 Å². The Morgan fingerprint density at radius 3 is 1.96 bits per heavy atom. The molecular weight excluding hydrogens is 328 g/mol. The van der Waals surface area contributed by atoms with Crippen LogP contribution in [0.25, 0.3) is 0 Å². The van der Waals surface area contributed by atoms with E-state index in [1.54, 1.807) is 13.8 Å². The summed E-state index contributed by atoms with van der Waals surface area (Å²) >= 11 is 0. The van der Waals surface area contributed by atoms with Gasteiger partial charge in [0.15, 0.2) is 0 Å². The van der Waals surface area contributed by atoms with E-state index in [0.717, 1.165) is 11.1 Å². The van der Waals surface area contributed by atoms with Gasteiger partial charge < -0.3 is 9.52 Å². The molecule has 0 aliphatic rings. The van der Waals surface area contributed by atoms with Gasteiger partial charge in [0, 0.05) is 17.2 Å². The second-order valence-electron chi connectivity index (χ2n) is 5.77. The van der Waals surface area contributed by atoms with Crippen molar-refractivity contribution in [3.8, 4) is 5.75 Å². The van der Waals surface area contributed by atoms with Crippen LogP contribution in [-0.2, 0) is 0 Å². The summed E-state index contributed by atoms with van der Waals surface area (Å²) in [7, 11) is 0. The third-order valence-electron chi connectivity index (χ3n) is 3.81. The van der Waals surface area contributed by atoms with Gasteiger partial charge in [0.2, 0.25) is 0 Å². The topological polar surface area (TPSA) is 75.2 Å². The lowest BCUT2D eigenvalue weighted by Crippen LogP contribution is -2.13. The largest absolute Gasteiger partial charge is 0.507 e. The highest BCUT2D eigenvalue weighted by molar-refractivity contribution is 6.13. The lowest BCUT2D eigenvalue weighted by atomic mass is 10.0. The summed E-state index contributed by atoms with van der Waals surface area (Å²) in [5.41, 5.74) is 2.12. The molecule has 0 aliphatic carbocycles. The highest BCUT2D eigenvalue weighted by Crippen LogP contribution is 2.16. The van der Waals surface area contributed by atoms with E-state index < -0.39 is 5.63 Å². The van der Waals surface area contributed by atoms with E-state index in [4.69, 9.17) is 4.42 Å². The van der Waals surface area contributed by atoms with E-state index in [0.29, 0.717) is 11.5 Å². The molecule has 130 valence electrons. The molecule has 5 heteroatoms. The van der Waals surface area contributed by atoms with Gasteiger partial charge in [-0.15, -0.1) is 5.10 Å². The van der Waals surface area contributed by atoms with Gasteiger partial charge in [-0.05, 0) is 13.8 Å². The van der Waals surface area contributed by atoms with Gasteiger partial charge in [-0.1, -0.05) is 60.7 Å². The summed E-state index contributed by atoms with van der Waals surface area (Å²) in [6.07, 6.45) is 0. The molecule has 0 atom stereocenters. The number of hydrogen-bond acceptors (Lipinski definition) is 5. The van der Waals surface area contributed by atoms with E-state index in [9.17, 15) is 9.90 Å². The minimum Gasteiger partial charge on any atom is -0.507 e. The molecule has 0 amide bonds. The fraction of sp³-hybridized carbons (Fsp3) is 0.0952. The van der Waals surface area contributed by atoms with E-state index in [-0.39, 0.29) is 17.0 Å². The highest BCUT2D eigenvalue weighted by atomic mass is 16.4. The van der Waals surface area contributed by atoms with Gasteiger partial charge in [-0.2, -0.15) is 5.10 Å². The molecule has 0 spiro atoms. The lowest BCUT2D eigenvalue weighted by molar-refractivity contribution is 0.432. The Hall–Kier alpha value is -3.47. The van der Waals surface area contributed by atoms with Crippen LogP contribution in [0, 0.1) is 6.92 Å². The minimum atomic E-state index is -0.639. The zero-order valence-electron chi connectivity index (χ0n) is 14.5. The highest BCUT2D eigenvalue weighted by Gasteiger charge is 2.13. The van der Waals surface area contributed by atoms with Gasteiger partial charge in [0.25, 0.3) is 0 Å². The van der Waals surface area contributed by atoms with Crippen molar-refractivity contribution in [1.29, 1.82) is 0 Å². The predicted molar refractivity (Wildman–Crippen MR) is 102 cm³/mol. The van der Waals surface area contributed by atoms with Crippen LogP contribution in [0.3, 0.4) is 0 Å². The molecule has 1 heterocycles. The van der Waals surface area contributed by atoms with Crippen molar-refractivity contribution in [2.45, 2.75) is 13.8 Å². The fourth-order valence-corrected chi connectivity index (χ4v) is 2.58. The third kappa shape index (κ3) is 3.78. The summed E-state index contributed by atoms with van der Waals surface area (Å²) < 4.78 is 5.04. The van der Waals surface area contributed by atoms with Crippen molar-refractivity contribution in [2.75, 3.05) is 0 Å². The molecule has 1 aromatic heterocycles. The number of benzene rings is 2. The Balaban J connectivity index is 2.10. The van der Waals surface area contributed by atoms with Crippen LogP contribution in [0.15, 0.2) is 86.1 Å². The number of nitrogens with zero attached hydrogens (tertiary/aromatic N) is 2. The predicted octanol–water partition coefficient (Wildman–Crippen LogP) is 3.92. The molecule has 0 aliphatic heterocycles. The monoisotopic (exact) mass is 346 g/mol. The molecule has 2 aromatic carbocycles. The second kappa shape index (κ2) is 7.61. The zero-order chi connectivity index (χ0) is 18.5. The van der Waals surface area contributed by atoms with E-state index in [1.165, 1.54) is 6.07 Å². The molecular formula is C21H18N2O3. The lowest BCUT2D eigenvalue weighted by Gasteiger charge is -2.06. The molecule has 5 nitrogen and oxygen atoms in total. The summed E-state index contributed by atoms with van der Waals surface area (Å²) in [6, 6.07) is 20.7. The third-order valence-corrected chi connectivity index (χ3v) is 3.81. The maximum absolute atomic E-state index is 12.0. The Kier molecular flexibility index (Phi) is 5.08. The Bertz CT molecular complexity index is 979. The van der Waals surface area contributed by atoms with Crippen molar-refractivity contribution < 1.29 is 9.52 Å². The van der Waals surface area contributed by atoms with Crippen molar-refractivity contribution in [3.05, 3.63) is 99.6 Å². The van der Waals surface area contributed by atoms with Crippen LogP contribution in [0.5, 0.6) is 5.75 Å². The molecule has 0 bridgehead atoms. The summed E-state index contributed by atoms with van der Waals surface area (Å²) in [5, 5.41) is 18.6. The maximum atomic E-state index is 12.0.